The third-order valence-electron chi connectivity index (χ3n) is 10.8. The number of aromatic hydroxyl groups is 3. The minimum atomic E-state index is -0.0503. The second-order valence-corrected chi connectivity index (χ2v) is 26.0. The third-order valence-corrected chi connectivity index (χ3v) is 10.8. The van der Waals surface area contributed by atoms with Gasteiger partial charge < -0.3 is 15.3 Å². The molecule has 0 unspecified atom stereocenters. The molecule has 0 saturated heterocycles. The summed E-state index contributed by atoms with van der Waals surface area (Å²) in [6, 6.07) is 13.0. The van der Waals surface area contributed by atoms with Crippen LogP contribution >= 0.6 is 0 Å². The predicted octanol–water partition coefficient (Wildman–Crippen LogP) is 15.9. The predicted molar refractivity (Wildman–Crippen MR) is 253 cm³/mol. The largest absolute Gasteiger partial charge is 0.507 e. The van der Waals surface area contributed by atoms with Gasteiger partial charge in [-0.1, -0.05) is 223 Å². The van der Waals surface area contributed by atoms with Crippen molar-refractivity contribution in [3.8, 4) is 17.2 Å². The van der Waals surface area contributed by atoms with Crippen molar-refractivity contribution in [2.45, 2.75) is 236 Å². The van der Waals surface area contributed by atoms with Gasteiger partial charge in [-0.15, -0.1) is 0 Å². The first kappa shape index (κ1) is 56.3. The molecule has 3 aromatic rings. The van der Waals surface area contributed by atoms with Gasteiger partial charge in [-0.3, -0.25) is 0 Å². The number of hydrogen-bond donors (Lipinski definition) is 3. The van der Waals surface area contributed by atoms with Gasteiger partial charge in [0, 0.05) is 35.6 Å². The summed E-state index contributed by atoms with van der Waals surface area (Å²) >= 11 is 0. The molecule has 3 N–H and O–H groups in total. The second kappa shape index (κ2) is 18.3. The monoisotopic (exact) mass is 926 g/mol. The SMILES string of the molecule is CC(C)(C)c1cc(C(C)(C)C)c(O)c(C(C)(C)C)c1.CC(C)(C)c1cc(C(C)(C)C)c(O)c(C(C)(C)C)c1.CC(C)(C)c1cc(C(C)(C)C)c(O)c(C(C)(C)C)c1.[La]. The van der Waals surface area contributed by atoms with Crippen LogP contribution in [0.5, 0.6) is 17.2 Å². The van der Waals surface area contributed by atoms with E-state index in [4.69, 9.17) is 0 Å². The van der Waals surface area contributed by atoms with Gasteiger partial charge in [0.1, 0.15) is 17.2 Å². The minimum Gasteiger partial charge on any atom is -0.507 e. The van der Waals surface area contributed by atoms with Crippen LogP contribution in [0.4, 0.5) is 0 Å². The van der Waals surface area contributed by atoms with Crippen LogP contribution in [0.2, 0.25) is 0 Å². The number of phenols is 3. The average molecular weight is 926 g/mol. The second-order valence-electron chi connectivity index (χ2n) is 26.0. The zero-order valence-corrected chi connectivity index (χ0v) is 46.5. The van der Waals surface area contributed by atoms with E-state index in [9.17, 15) is 15.3 Å². The summed E-state index contributed by atoms with van der Waals surface area (Å²) in [6.45, 7) is 58.8. The molecule has 58 heavy (non-hydrogen) atoms. The Hall–Kier alpha value is -1.75. The van der Waals surface area contributed by atoms with Gasteiger partial charge in [-0.2, -0.15) is 0 Å². The van der Waals surface area contributed by atoms with Crippen molar-refractivity contribution in [2.24, 2.45) is 0 Å². The van der Waals surface area contributed by atoms with Crippen molar-refractivity contribution in [1.82, 2.24) is 0 Å². The Balaban J connectivity index is 0.000000833. The van der Waals surface area contributed by atoms with Crippen molar-refractivity contribution >= 4 is 0 Å². The maximum Gasteiger partial charge on any atom is 0.123 e. The van der Waals surface area contributed by atoms with Crippen molar-refractivity contribution in [3.05, 3.63) is 86.5 Å². The van der Waals surface area contributed by atoms with Gasteiger partial charge in [0.15, 0.2) is 0 Å². The van der Waals surface area contributed by atoms with Gasteiger partial charge in [0.2, 0.25) is 0 Å². The van der Waals surface area contributed by atoms with Gasteiger partial charge in [-0.25, -0.2) is 0 Å². The fourth-order valence-electron chi connectivity index (χ4n) is 6.63. The first-order valence-corrected chi connectivity index (χ1v) is 21.4. The molecule has 4 heteroatoms. The van der Waals surface area contributed by atoms with E-state index in [1.54, 1.807) is 0 Å². The topological polar surface area (TPSA) is 60.7 Å². The van der Waals surface area contributed by atoms with E-state index >= 15 is 0 Å². The van der Waals surface area contributed by atoms with Gasteiger partial charge in [0.05, 0.1) is 0 Å². The summed E-state index contributed by atoms with van der Waals surface area (Å²) in [5, 5.41) is 32.0. The van der Waals surface area contributed by atoms with Crippen molar-refractivity contribution < 1.29 is 50.9 Å². The molecule has 0 atom stereocenters. The summed E-state index contributed by atoms with van der Waals surface area (Å²) in [7, 11) is 0. The zero-order valence-electron chi connectivity index (χ0n) is 42.9. The molecule has 3 nitrogen and oxygen atoms in total. The van der Waals surface area contributed by atoms with E-state index in [2.05, 4.69) is 223 Å². The molecule has 0 fully saturated rings. The molecule has 327 valence electrons. The van der Waals surface area contributed by atoms with Crippen LogP contribution in [0.1, 0.15) is 237 Å². The molecule has 1 radical (unpaired) electrons. The number of hydrogen-bond acceptors (Lipinski definition) is 3. The zero-order chi connectivity index (χ0) is 45.7. The van der Waals surface area contributed by atoms with Gasteiger partial charge >= 0.3 is 0 Å². The maximum absolute atomic E-state index is 10.7. The van der Waals surface area contributed by atoms with E-state index < -0.39 is 0 Å². The summed E-state index contributed by atoms with van der Waals surface area (Å²) in [5.74, 6) is 1.40. The van der Waals surface area contributed by atoms with E-state index in [-0.39, 0.29) is 84.3 Å². The summed E-state index contributed by atoms with van der Waals surface area (Å²) in [6.07, 6.45) is 0. The molecule has 0 aliphatic heterocycles. The third kappa shape index (κ3) is 15.3. The normalized spacial score (nSPS) is 13.5. The van der Waals surface area contributed by atoms with Crippen LogP contribution in [0.3, 0.4) is 0 Å². The Bertz CT molecular complexity index is 1510. The Labute approximate surface area is 387 Å². The van der Waals surface area contributed by atoms with Crippen LogP contribution < -0.4 is 0 Å². The van der Waals surface area contributed by atoms with Crippen LogP contribution in [-0.4, -0.2) is 15.3 Å². The Morgan fingerprint density at radius 1 is 0.224 bits per heavy atom. The van der Waals surface area contributed by atoms with Crippen LogP contribution in [-0.2, 0) is 48.7 Å². The Morgan fingerprint density at radius 2 is 0.328 bits per heavy atom. The number of phenolic OH excluding ortho intramolecular Hbond substituents is 3. The first-order valence-electron chi connectivity index (χ1n) is 21.4. The molecule has 0 amide bonds. The molecule has 0 heterocycles. The van der Waals surface area contributed by atoms with Crippen molar-refractivity contribution in [2.75, 3.05) is 0 Å². The maximum atomic E-state index is 10.7. The van der Waals surface area contributed by atoms with Crippen LogP contribution in [0.25, 0.3) is 0 Å². The molecule has 0 aromatic heterocycles. The smallest absolute Gasteiger partial charge is 0.123 e. The molecule has 0 spiro atoms. The molecule has 3 aromatic carbocycles. The van der Waals surface area contributed by atoms with E-state index in [1.807, 2.05) is 0 Å². The minimum absolute atomic E-state index is 0. The summed E-state index contributed by atoms with van der Waals surface area (Å²) < 4.78 is 0. The molecule has 0 aliphatic carbocycles. The van der Waals surface area contributed by atoms with Crippen LogP contribution in [0.15, 0.2) is 36.4 Å². The van der Waals surface area contributed by atoms with Crippen molar-refractivity contribution in [1.29, 1.82) is 0 Å². The summed E-state index contributed by atoms with van der Waals surface area (Å²) in [5.41, 5.74) is 10.1. The molecule has 3 rings (SSSR count). The molecular formula is C54H90LaO3. The number of benzene rings is 3. The summed E-state index contributed by atoms with van der Waals surface area (Å²) in [4.78, 5) is 0. The van der Waals surface area contributed by atoms with Crippen molar-refractivity contribution in [3.63, 3.8) is 0 Å². The van der Waals surface area contributed by atoms with E-state index in [1.165, 1.54) is 16.7 Å². The Kier molecular flexibility index (Phi) is 17.8. The Morgan fingerprint density at radius 3 is 0.397 bits per heavy atom. The fourth-order valence-corrected chi connectivity index (χ4v) is 6.63. The molecule has 0 aliphatic rings. The van der Waals surface area contributed by atoms with Gasteiger partial charge in [0.25, 0.3) is 0 Å². The molecule has 0 saturated carbocycles. The van der Waals surface area contributed by atoms with Gasteiger partial charge in [-0.05, 0) is 98.8 Å². The number of rotatable bonds is 0. The first-order chi connectivity index (χ1) is 24.7. The average Bonchev–Trinajstić information content (AvgIpc) is 2.92. The molecular weight excluding hydrogens is 835 g/mol. The fraction of sp³-hybridized carbons (Fsp3) is 0.667. The standard InChI is InChI=1S/3C18H30O.La/c3*1-16(2,3)12-10-13(17(4,5)6)15(19)14(11-12)18(7,8)9;/h3*10-11,19H,1-9H3;. The molecule has 0 bridgehead atoms. The van der Waals surface area contributed by atoms with Crippen LogP contribution in [0, 0.1) is 35.6 Å². The van der Waals surface area contributed by atoms with E-state index in [0.717, 1.165) is 33.4 Å². The van der Waals surface area contributed by atoms with E-state index in [0.29, 0.717) is 17.2 Å². The quantitative estimate of drug-likeness (QED) is 0.211.